The van der Waals surface area contributed by atoms with Gasteiger partial charge in [0.2, 0.25) is 0 Å². The van der Waals surface area contributed by atoms with Gasteiger partial charge in [0, 0.05) is 15.6 Å². The highest BCUT2D eigenvalue weighted by Gasteiger charge is 2.14. The molecular weight excluding hydrogens is 534 g/mol. The quantitative estimate of drug-likeness (QED) is 0.237. The first-order chi connectivity index (χ1) is 16.2. The zero-order valence-electron chi connectivity index (χ0n) is 18.0. The van der Waals surface area contributed by atoms with Gasteiger partial charge in [-0.3, -0.25) is 4.79 Å². The maximum Gasteiger partial charge on any atom is 0.274 e. The third-order valence-electron chi connectivity index (χ3n) is 5.56. The lowest BCUT2D eigenvalue weighted by Crippen LogP contribution is -2.22. The molecule has 0 spiro atoms. The molecule has 0 aliphatic rings. The van der Waals surface area contributed by atoms with Crippen LogP contribution in [0.1, 0.15) is 22.3 Å². The molecule has 2 aromatic heterocycles. The molecule has 0 bridgehead atoms. The average Bonchev–Trinajstić information content (AvgIpc) is 3.25. The lowest BCUT2D eigenvalue weighted by atomic mass is 10.1. The minimum Gasteiger partial charge on any atom is -0.486 e. The Labute approximate surface area is 218 Å². The van der Waals surface area contributed by atoms with Gasteiger partial charge in [0.05, 0.1) is 25.6 Å². The molecule has 0 saturated carbocycles. The van der Waals surface area contributed by atoms with Crippen LogP contribution < -0.4 is 14.8 Å². The Kier molecular flexibility index (Phi) is 6.25. The molecule has 5 rings (SSSR count). The van der Waals surface area contributed by atoms with E-state index in [9.17, 15) is 4.79 Å². The first-order valence-corrected chi connectivity index (χ1v) is 12.5. The van der Waals surface area contributed by atoms with Crippen LogP contribution in [-0.4, -0.2) is 9.38 Å². The Hall–Kier alpha value is -2.28. The van der Waals surface area contributed by atoms with Gasteiger partial charge in [0.25, 0.3) is 5.56 Å². The van der Waals surface area contributed by atoms with E-state index < -0.39 is 0 Å². The van der Waals surface area contributed by atoms with Crippen molar-refractivity contribution < 1.29 is 4.74 Å². The van der Waals surface area contributed by atoms with Gasteiger partial charge in [-0.15, -0.1) is 0 Å². The van der Waals surface area contributed by atoms with E-state index in [1.807, 2.05) is 26.0 Å². The van der Waals surface area contributed by atoms with Gasteiger partial charge in [-0.05, 0) is 73.0 Å². The predicted molar refractivity (Wildman–Crippen MR) is 142 cm³/mol. The van der Waals surface area contributed by atoms with Crippen molar-refractivity contribution in [2.45, 2.75) is 20.5 Å². The van der Waals surface area contributed by atoms with Crippen LogP contribution in [-0.2, 0) is 6.61 Å². The van der Waals surface area contributed by atoms with E-state index in [0.29, 0.717) is 40.9 Å². The summed E-state index contributed by atoms with van der Waals surface area (Å²) in [6, 6.07) is 12.6. The van der Waals surface area contributed by atoms with Crippen molar-refractivity contribution >= 4 is 79.8 Å². The third-order valence-corrected chi connectivity index (χ3v) is 7.68. The third kappa shape index (κ3) is 4.28. The number of imidazole rings is 1. The molecule has 3 aromatic carbocycles. The highest BCUT2D eigenvalue weighted by atomic mass is 35.5. The van der Waals surface area contributed by atoms with E-state index in [2.05, 4.69) is 4.98 Å². The number of aromatic nitrogens is 2. The maximum atomic E-state index is 13.1. The van der Waals surface area contributed by atoms with E-state index in [1.165, 1.54) is 11.3 Å². The molecule has 172 valence electrons. The van der Waals surface area contributed by atoms with Crippen molar-refractivity contribution in [3.63, 3.8) is 0 Å². The fourth-order valence-electron chi connectivity index (χ4n) is 3.66. The molecule has 5 aromatic rings. The van der Waals surface area contributed by atoms with Crippen molar-refractivity contribution in [2.75, 3.05) is 0 Å². The lowest BCUT2D eigenvalue weighted by molar-refractivity contribution is 0.306. The Morgan fingerprint density at radius 2 is 1.68 bits per heavy atom. The number of hydrogen-bond donors (Lipinski definition) is 0. The molecule has 0 atom stereocenters. The second kappa shape index (κ2) is 9.06. The summed E-state index contributed by atoms with van der Waals surface area (Å²) in [6.07, 6.45) is 1.76. The number of nitrogens with zero attached hydrogens (tertiary/aromatic N) is 2. The molecule has 0 saturated heterocycles. The first kappa shape index (κ1) is 23.5. The van der Waals surface area contributed by atoms with Gasteiger partial charge in [-0.25, -0.2) is 9.38 Å². The molecule has 0 radical (unpaired) electrons. The molecule has 0 unspecified atom stereocenters. The highest BCUT2D eigenvalue weighted by Crippen LogP contribution is 2.35. The molecule has 0 aliphatic carbocycles. The molecule has 0 fully saturated rings. The number of halogens is 4. The highest BCUT2D eigenvalue weighted by molar-refractivity contribution is 7.15. The molecule has 34 heavy (non-hydrogen) atoms. The zero-order chi connectivity index (χ0) is 24.1. The van der Waals surface area contributed by atoms with Crippen LogP contribution in [0.15, 0.2) is 47.3 Å². The normalized spacial score (nSPS) is 12.2. The molecule has 9 heteroatoms. The molecule has 0 N–H and O–H groups in total. The van der Waals surface area contributed by atoms with Gasteiger partial charge < -0.3 is 4.74 Å². The van der Waals surface area contributed by atoms with E-state index >= 15 is 0 Å². The second-order valence-corrected chi connectivity index (χ2v) is 10.6. The summed E-state index contributed by atoms with van der Waals surface area (Å²) in [4.78, 5) is 18.4. The monoisotopic (exact) mass is 548 g/mol. The van der Waals surface area contributed by atoms with Gasteiger partial charge in [-0.2, -0.15) is 0 Å². The van der Waals surface area contributed by atoms with Crippen molar-refractivity contribution in [1.29, 1.82) is 0 Å². The second-order valence-electron chi connectivity index (χ2n) is 7.91. The summed E-state index contributed by atoms with van der Waals surface area (Å²) in [5.74, 6) is 0.340. The van der Waals surface area contributed by atoms with Crippen LogP contribution in [0, 0.1) is 13.8 Å². The molecule has 2 heterocycles. The van der Waals surface area contributed by atoms with Crippen molar-refractivity contribution in [3.8, 4) is 5.75 Å². The van der Waals surface area contributed by atoms with E-state index in [-0.39, 0.29) is 12.2 Å². The van der Waals surface area contributed by atoms with Crippen molar-refractivity contribution in [2.24, 2.45) is 0 Å². The average molecular weight is 550 g/mol. The van der Waals surface area contributed by atoms with E-state index in [0.717, 1.165) is 27.7 Å². The topological polar surface area (TPSA) is 43.6 Å². The number of hydrogen-bond acceptors (Lipinski definition) is 4. The first-order valence-electron chi connectivity index (χ1n) is 10.2. The zero-order valence-corrected chi connectivity index (χ0v) is 21.8. The Balaban J connectivity index is 1.50. The van der Waals surface area contributed by atoms with Crippen LogP contribution in [0.25, 0.3) is 22.1 Å². The molecular formula is C25H16Cl4N2O2S. The SMILES string of the molecule is Cc1cc2nc3s/c(=C\c4cc(Cl)c(OCc5ccc(Cl)cc5Cl)c(Cl)c4)c(=O)n3c2cc1C. The Bertz CT molecular complexity index is 1690. The molecule has 0 aliphatic heterocycles. The largest absolute Gasteiger partial charge is 0.486 e. The summed E-state index contributed by atoms with van der Waals surface area (Å²) >= 11 is 26.4. The fraction of sp³-hybridized carbons (Fsp3) is 0.120. The summed E-state index contributed by atoms with van der Waals surface area (Å²) in [5.41, 5.74) is 5.18. The summed E-state index contributed by atoms with van der Waals surface area (Å²) in [7, 11) is 0. The standard InChI is InChI=1S/C25H16Cl4N2O2S/c1-12-5-20-21(6-13(12)2)31-24(32)22(34-25(31)30-20)9-14-7-18(28)23(19(29)8-14)33-11-15-3-4-16(26)10-17(15)27/h3-10H,11H2,1-2H3/b22-9-. The van der Waals surface area contributed by atoms with Crippen LogP contribution in [0.4, 0.5) is 0 Å². The fourth-order valence-corrected chi connectivity index (χ4v) is 5.72. The van der Waals surface area contributed by atoms with Gasteiger partial charge in [0.1, 0.15) is 6.61 Å². The minimum atomic E-state index is -0.129. The van der Waals surface area contributed by atoms with E-state index in [1.54, 1.807) is 40.8 Å². The van der Waals surface area contributed by atoms with Crippen LogP contribution in [0.5, 0.6) is 5.75 Å². The Morgan fingerprint density at radius 3 is 2.38 bits per heavy atom. The van der Waals surface area contributed by atoms with Crippen LogP contribution >= 0.6 is 57.7 Å². The van der Waals surface area contributed by atoms with Gasteiger partial charge in [0.15, 0.2) is 10.7 Å². The van der Waals surface area contributed by atoms with Gasteiger partial charge in [-0.1, -0.05) is 63.8 Å². The van der Waals surface area contributed by atoms with Crippen LogP contribution in [0.3, 0.4) is 0 Å². The number of rotatable bonds is 4. The maximum absolute atomic E-state index is 13.1. The lowest BCUT2D eigenvalue weighted by Gasteiger charge is -2.12. The van der Waals surface area contributed by atoms with Crippen LogP contribution in [0.2, 0.25) is 20.1 Å². The van der Waals surface area contributed by atoms with Crippen molar-refractivity contribution in [3.05, 3.63) is 99.7 Å². The smallest absolute Gasteiger partial charge is 0.274 e. The number of aryl methyl sites for hydroxylation is 2. The summed E-state index contributed by atoms with van der Waals surface area (Å²) < 4.78 is 8.02. The minimum absolute atomic E-state index is 0.129. The molecule has 0 amide bonds. The summed E-state index contributed by atoms with van der Waals surface area (Å²) in [5, 5.41) is 1.69. The van der Waals surface area contributed by atoms with Crippen molar-refractivity contribution in [1.82, 2.24) is 9.38 Å². The molecule has 4 nitrogen and oxygen atoms in total. The number of benzene rings is 3. The number of ether oxygens (including phenoxy) is 1. The summed E-state index contributed by atoms with van der Waals surface area (Å²) in [6.45, 7) is 4.23. The number of thiazole rings is 1. The predicted octanol–water partition coefficient (Wildman–Crippen LogP) is 7.27. The number of fused-ring (bicyclic) bond motifs is 3. The van der Waals surface area contributed by atoms with Gasteiger partial charge >= 0.3 is 0 Å². The van der Waals surface area contributed by atoms with E-state index in [4.69, 9.17) is 51.1 Å². The Morgan fingerprint density at radius 1 is 0.971 bits per heavy atom.